The Kier molecular flexibility index (Phi) is 7.64. The van der Waals surface area contributed by atoms with Gasteiger partial charge in [0.2, 0.25) is 0 Å². The van der Waals surface area contributed by atoms with E-state index in [1.54, 1.807) is 0 Å². The fourth-order valence-electron chi connectivity index (χ4n) is 7.92. The minimum atomic E-state index is 0.645. The Morgan fingerprint density at radius 3 is 1.50 bits per heavy atom. The molecule has 0 aliphatic heterocycles. The number of hydrogen-bond donors (Lipinski definition) is 0. The zero-order chi connectivity index (χ0) is 37.0. The Hall–Kier alpha value is -7.21. The van der Waals surface area contributed by atoms with Crippen LogP contribution in [-0.2, 0) is 0 Å². The Balaban J connectivity index is 1.02. The highest BCUT2D eigenvalue weighted by atomic mass is 32.1. The fraction of sp³-hybridized carbons (Fsp3) is 0. The molecule has 0 saturated heterocycles. The minimum Gasteiger partial charge on any atom is -0.309 e. The average molecular weight is 733 g/mol. The molecule has 0 bridgehead atoms. The van der Waals surface area contributed by atoms with Crippen LogP contribution in [-0.4, -0.2) is 19.5 Å². The zero-order valence-electron chi connectivity index (χ0n) is 30.2. The summed E-state index contributed by atoms with van der Waals surface area (Å²) < 4.78 is 4.78. The van der Waals surface area contributed by atoms with Crippen LogP contribution in [0.1, 0.15) is 0 Å². The number of rotatable bonds is 6. The summed E-state index contributed by atoms with van der Waals surface area (Å²) in [6, 6.07) is 68.6. The highest BCUT2D eigenvalue weighted by Gasteiger charge is 2.17. The summed E-state index contributed by atoms with van der Waals surface area (Å²) in [6.45, 7) is 0. The summed E-state index contributed by atoms with van der Waals surface area (Å²) in [5.74, 6) is 1.95. The molecule has 5 heteroatoms. The summed E-state index contributed by atoms with van der Waals surface area (Å²) in [6.07, 6.45) is 0. The van der Waals surface area contributed by atoms with Gasteiger partial charge in [-0.3, -0.25) is 0 Å². The van der Waals surface area contributed by atoms with E-state index >= 15 is 0 Å². The second-order valence-corrected chi connectivity index (χ2v) is 15.1. The van der Waals surface area contributed by atoms with Gasteiger partial charge in [0, 0.05) is 53.3 Å². The summed E-state index contributed by atoms with van der Waals surface area (Å²) in [7, 11) is 0. The molecule has 4 nitrogen and oxygen atoms in total. The average Bonchev–Trinajstić information content (AvgIpc) is 3.81. The van der Waals surface area contributed by atoms with Gasteiger partial charge in [0.15, 0.2) is 17.5 Å². The highest BCUT2D eigenvalue weighted by Crippen LogP contribution is 2.40. The van der Waals surface area contributed by atoms with E-state index in [0.29, 0.717) is 17.5 Å². The zero-order valence-corrected chi connectivity index (χ0v) is 31.0. The van der Waals surface area contributed by atoms with E-state index in [2.05, 4.69) is 180 Å². The lowest BCUT2D eigenvalue weighted by molar-refractivity contribution is 1.07. The number of thiophene rings is 1. The SMILES string of the molecule is c1ccc(-c2cccc(-c3ccc4c(c3)sc3cc(-c5nc(-c6ccccc6)nc(-c6ccc7c(c6)c6ccccc6n7-c6ccccc6)n5)ccc34)c2)cc1. The Morgan fingerprint density at radius 2 is 0.786 bits per heavy atom. The van der Waals surface area contributed by atoms with Crippen molar-refractivity contribution in [2.24, 2.45) is 0 Å². The molecule has 262 valence electrons. The van der Waals surface area contributed by atoms with E-state index in [1.165, 1.54) is 47.8 Å². The number of fused-ring (bicyclic) bond motifs is 6. The molecule has 0 saturated carbocycles. The van der Waals surface area contributed by atoms with Gasteiger partial charge in [0.1, 0.15) is 0 Å². The van der Waals surface area contributed by atoms with Crippen LogP contribution in [0.15, 0.2) is 194 Å². The lowest BCUT2D eigenvalue weighted by Crippen LogP contribution is -2.00. The van der Waals surface area contributed by atoms with Crippen molar-refractivity contribution in [3.8, 4) is 62.1 Å². The van der Waals surface area contributed by atoms with Crippen molar-refractivity contribution < 1.29 is 0 Å². The van der Waals surface area contributed by atoms with Crippen LogP contribution in [0.4, 0.5) is 0 Å². The molecule has 3 heterocycles. The van der Waals surface area contributed by atoms with Gasteiger partial charge < -0.3 is 4.57 Å². The van der Waals surface area contributed by atoms with Crippen LogP contribution in [0.5, 0.6) is 0 Å². The van der Waals surface area contributed by atoms with Gasteiger partial charge in [-0.15, -0.1) is 11.3 Å². The lowest BCUT2D eigenvalue weighted by Gasteiger charge is -2.10. The molecule has 11 rings (SSSR count). The topological polar surface area (TPSA) is 43.6 Å². The number of nitrogens with zero attached hydrogens (tertiary/aromatic N) is 4. The van der Waals surface area contributed by atoms with Crippen molar-refractivity contribution in [3.05, 3.63) is 194 Å². The molecular weight excluding hydrogens is 701 g/mol. The van der Waals surface area contributed by atoms with Crippen LogP contribution in [0.25, 0.3) is 104 Å². The number of aromatic nitrogens is 4. The van der Waals surface area contributed by atoms with E-state index in [1.807, 2.05) is 29.5 Å². The molecule has 0 radical (unpaired) electrons. The van der Waals surface area contributed by atoms with Gasteiger partial charge in [-0.1, -0.05) is 140 Å². The normalized spacial score (nSPS) is 11.6. The number of hydrogen-bond acceptors (Lipinski definition) is 4. The van der Waals surface area contributed by atoms with Crippen LogP contribution in [0, 0.1) is 0 Å². The Bertz CT molecular complexity index is 3240. The van der Waals surface area contributed by atoms with Gasteiger partial charge in [0.05, 0.1) is 11.0 Å². The smallest absolute Gasteiger partial charge is 0.164 e. The predicted octanol–water partition coefficient (Wildman–Crippen LogP) is 13.7. The quantitative estimate of drug-likeness (QED) is 0.171. The Labute approximate surface area is 327 Å². The molecule has 0 fully saturated rings. The van der Waals surface area contributed by atoms with Crippen molar-refractivity contribution in [1.29, 1.82) is 0 Å². The van der Waals surface area contributed by atoms with Gasteiger partial charge in [-0.05, 0) is 76.9 Å². The van der Waals surface area contributed by atoms with Crippen molar-refractivity contribution in [1.82, 2.24) is 19.5 Å². The van der Waals surface area contributed by atoms with Gasteiger partial charge in [-0.25, -0.2) is 15.0 Å². The summed E-state index contributed by atoms with van der Waals surface area (Å²) in [5.41, 5.74) is 11.1. The number of para-hydroxylation sites is 2. The molecule has 56 heavy (non-hydrogen) atoms. The maximum atomic E-state index is 5.17. The van der Waals surface area contributed by atoms with E-state index < -0.39 is 0 Å². The first kappa shape index (κ1) is 32.2. The molecular formula is C51H32N4S. The molecule has 0 N–H and O–H groups in total. The van der Waals surface area contributed by atoms with Crippen LogP contribution in [0.2, 0.25) is 0 Å². The van der Waals surface area contributed by atoms with Crippen LogP contribution < -0.4 is 0 Å². The highest BCUT2D eigenvalue weighted by molar-refractivity contribution is 7.25. The first-order valence-electron chi connectivity index (χ1n) is 18.8. The van der Waals surface area contributed by atoms with Crippen molar-refractivity contribution in [2.75, 3.05) is 0 Å². The van der Waals surface area contributed by atoms with Gasteiger partial charge in [0.25, 0.3) is 0 Å². The molecule has 0 amide bonds. The van der Waals surface area contributed by atoms with Crippen molar-refractivity contribution in [2.45, 2.75) is 0 Å². The molecule has 3 aromatic heterocycles. The third kappa shape index (κ3) is 5.56. The van der Waals surface area contributed by atoms with E-state index in [0.717, 1.165) is 38.8 Å². The summed E-state index contributed by atoms with van der Waals surface area (Å²) >= 11 is 1.81. The minimum absolute atomic E-state index is 0.645. The predicted molar refractivity (Wildman–Crippen MR) is 234 cm³/mol. The summed E-state index contributed by atoms with van der Waals surface area (Å²) in [4.78, 5) is 15.3. The first-order chi connectivity index (χ1) is 27.7. The third-order valence-electron chi connectivity index (χ3n) is 10.6. The third-order valence-corrected chi connectivity index (χ3v) is 11.8. The van der Waals surface area contributed by atoms with E-state index in [9.17, 15) is 0 Å². The second-order valence-electron chi connectivity index (χ2n) is 14.1. The van der Waals surface area contributed by atoms with Crippen molar-refractivity contribution >= 4 is 53.3 Å². The van der Waals surface area contributed by atoms with Crippen molar-refractivity contribution in [3.63, 3.8) is 0 Å². The largest absolute Gasteiger partial charge is 0.309 e. The first-order valence-corrected chi connectivity index (χ1v) is 19.6. The fourth-order valence-corrected chi connectivity index (χ4v) is 9.11. The standard InChI is InChI=1S/C51H32N4S/c1-4-13-33(14-5-1)35-17-12-18-36(29-35)37-23-26-42-43-27-24-39(32-48(43)56-47(42)31-37)51-53-49(34-15-6-2-7-16-34)52-50(54-51)38-25-28-46-44(30-38)41-21-10-11-22-45(41)55(46)40-19-8-3-9-20-40/h1-32H. The maximum Gasteiger partial charge on any atom is 0.164 e. The van der Waals surface area contributed by atoms with Gasteiger partial charge in [-0.2, -0.15) is 0 Å². The van der Waals surface area contributed by atoms with E-state index in [-0.39, 0.29) is 0 Å². The number of benzene rings is 8. The monoisotopic (exact) mass is 732 g/mol. The molecule has 8 aromatic carbocycles. The van der Waals surface area contributed by atoms with Crippen LogP contribution in [0.3, 0.4) is 0 Å². The Morgan fingerprint density at radius 1 is 0.304 bits per heavy atom. The second kappa shape index (κ2) is 13.3. The maximum absolute atomic E-state index is 5.17. The molecule has 0 aliphatic carbocycles. The van der Waals surface area contributed by atoms with Crippen LogP contribution >= 0.6 is 11.3 Å². The van der Waals surface area contributed by atoms with E-state index in [4.69, 9.17) is 15.0 Å². The molecule has 0 spiro atoms. The summed E-state index contributed by atoms with van der Waals surface area (Å²) in [5, 5.41) is 4.83. The van der Waals surface area contributed by atoms with Gasteiger partial charge >= 0.3 is 0 Å². The molecule has 0 unspecified atom stereocenters. The molecule has 0 aliphatic rings. The lowest BCUT2D eigenvalue weighted by atomic mass is 9.98. The molecule has 0 atom stereocenters. The molecule has 11 aromatic rings.